The maximum atomic E-state index is 12.5. The highest BCUT2D eigenvalue weighted by atomic mass is 35.5. The van der Waals surface area contributed by atoms with Gasteiger partial charge in [0.05, 0.1) is 26.3 Å². The van der Waals surface area contributed by atoms with Crippen LogP contribution in [-0.2, 0) is 0 Å². The highest BCUT2D eigenvalue weighted by Crippen LogP contribution is 2.25. The first-order valence-corrected chi connectivity index (χ1v) is 8.03. The molecular weight excluding hydrogens is 371 g/mol. The van der Waals surface area contributed by atoms with Crippen LogP contribution in [0.5, 0.6) is 0 Å². The van der Waals surface area contributed by atoms with E-state index in [1.807, 2.05) is 0 Å². The van der Waals surface area contributed by atoms with E-state index < -0.39 is 0 Å². The Balaban J connectivity index is 1.98. The van der Waals surface area contributed by atoms with E-state index in [9.17, 15) is 4.79 Å². The zero-order valence-corrected chi connectivity index (χ0v) is 14.7. The molecule has 1 N–H and O–H groups in total. The second-order valence-corrected chi connectivity index (χ2v) is 6.23. The number of nitrogens with zero attached hydrogens (tertiary/aromatic N) is 3. The largest absolute Gasteiger partial charge is 0.306 e. The number of aryl methyl sites for hydroxylation is 1. The molecule has 24 heavy (non-hydrogen) atoms. The second-order valence-electron chi connectivity index (χ2n) is 4.98. The van der Waals surface area contributed by atoms with Gasteiger partial charge in [-0.15, -0.1) is 0 Å². The van der Waals surface area contributed by atoms with Gasteiger partial charge < -0.3 is 5.32 Å². The van der Waals surface area contributed by atoms with E-state index in [4.69, 9.17) is 34.8 Å². The van der Waals surface area contributed by atoms with Crippen molar-refractivity contribution in [1.29, 1.82) is 0 Å². The van der Waals surface area contributed by atoms with Crippen LogP contribution in [0.3, 0.4) is 0 Å². The summed E-state index contributed by atoms with van der Waals surface area (Å²) in [7, 11) is 0. The molecule has 5 nitrogen and oxygen atoms in total. The molecule has 0 unspecified atom stereocenters. The summed E-state index contributed by atoms with van der Waals surface area (Å²) in [5.74, 6) is 0.435. The lowest BCUT2D eigenvalue weighted by molar-refractivity contribution is 0.102. The average molecular weight is 382 g/mol. The van der Waals surface area contributed by atoms with Crippen molar-refractivity contribution in [1.82, 2.24) is 14.8 Å². The zero-order valence-electron chi connectivity index (χ0n) is 12.4. The third-order valence-electron chi connectivity index (χ3n) is 3.18. The second kappa shape index (κ2) is 6.81. The van der Waals surface area contributed by atoms with Crippen LogP contribution in [0.15, 0.2) is 42.6 Å². The number of benzene rings is 1. The Bertz CT molecular complexity index is 923. The molecule has 0 spiro atoms. The Labute approximate surface area is 153 Å². The Morgan fingerprint density at radius 3 is 2.58 bits per heavy atom. The maximum absolute atomic E-state index is 12.5. The number of amides is 1. The standard InChI is InChI=1S/C16H11Cl3N4O/c1-9-6-14(21-16(24)11-4-2-3-5-12(11)18)23(22-9)15-13(19)7-10(17)8-20-15/h2-8H,1H3,(H,21,24). The van der Waals surface area contributed by atoms with Crippen molar-refractivity contribution >= 4 is 46.5 Å². The Hall–Kier alpha value is -2.08. The monoisotopic (exact) mass is 380 g/mol. The van der Waals surface area contributed by atoms with E-state index in [-0.39, 0.29) is 5.91 Å². The molecule has 0 saturated heterocycles. The predicted octanol–water partition coefficient (Wildman–Crippen LogP) is 4.79. The molecule has 0 aliphatic heterocycles. The highest BCUT2D eigenvalue weighted by Gasteiger charge is 2.16. The van der Waals surface area contributed by atoms with Gasteiger partial charge >= 0.3 is 0 Å². The molecule has 0 aliphatic carbocycles. The van der Waals surface area contributed by atoms with Gasteiger partial charge in [-0.3, -0.25) is 4.79 Å². The number of carbonyl (C=O) groups excluding carboxylic acids is 1. The molecule has 3 aromatic rings. The van der Waals surface area contributed by atoms with Crippen LogP contribution in [0, 0.1) is 6.92 Å². The summed E-state index contributed by atoms with van der Waals surface area (Å²) in [6, 6.07) is 10.0. The first-order chi connectivity index (χ1) is 11.5. The number of anilines is 1. The number of halogens is 3. The fourth-order valence-corrected chi connectivity index (χ4v) is 2.82. The topological polar surface area (TPSA) is 59.8 Å². The van der Waals surface area contributed by atoms with Crippen molar-refractivity contribution in [2.45, 2.75) is 6.92 Å². The van der Waals surface area contributed by atoms with Crippen LogP contribution >= 0.6 is 34.8 Å². The lowest BCUT2D eigenvalue weighted by Gasteiger charge is -2.10. The fraction of sp³-hybridized carbons (Fsp3) is 0.0625. The summed E-state index contributed by atoms with van der Waals surface area (Å²) < 4.78 is 1.45. The molecule has 0 bridgehead atoms. The van der Waals surface area contributed by atoms with Crippen molar-refractivity contribution in [2.24, 2.45) is 0 Å². The van der Waals surface area contributed by atoms with Crippen LogP contribution < -0.4 is 5.32 Å². The number of carbonyl (C=O) groups is 1. The number of hydrogen-bond donors (Lipinski definition) is 1. The minimum atomic E-state index is -0.355. The van der Waals surface area contributed by atoms with Gasteiger partial charge in [-0.1, -0.05) is 46.9 Å². The first-order valence-electron chi connectivity index (χ1n) is 6.89. The van der Waals surface area contributed by atoms with E-state index >= 15 is 0 Å². The molecule has 0 radical (unpaired) electrons. The van der Waals surface area contributed by atoms with Gasteiger partial charge in [0, 0.05) is 12.3 Å². The third kappa shape index (κ3) is 3.38. The molecule has 1 aromatic carbocycles. The van der Waals surface area contributed by atoms with Gasteiger partial charge in [-0.25, -0.2) is 4.98 Å². The molecule has 122 valence electrons. The number of nitrogens with one attached hydrogen (secondary N) is 1. The molecule has 0 aliphatic rings. The van der Waals surface area contributed by atoms with Crippen molar-refractivity contribution in [3.63, 3.8) is 0 Å². The average Bonchev–Trinajstić information content (AvgIpc) is 2.88. The molecule has 2 heterocycles. The lowest BCUT2D eigenvalue weighted by atomic mass is 10.2. The molecule has 0 saturated carbocycles. The summed E-state index contributed by atoms with van der Waals surface area (Å²) in [6.45, 7) is 1.80. The van der Waals surface area contributed by atoms with Crippen molar-refractivity contribution in [2.75, 3.05) is 5.32 Å². The van der Waals surface area contributed by atoms with E-state index in [0.717, 1.165) is 0 Å². The van der Waals surface area contributed by atoms with Crippen LogP contribution in [0.2, 0.25) is 15.1 Å². The SMILES string of the molecule is Cc1cc(NC(=O)c2ccccc2Cl)n(-c2ncc(Cl)cc2Cl)n1. The van der Waals surface area contributed by atoms with Gasteiger partial charge in [-0.2, -0.15) is 9.78 Å². The van der Waals surface area contributed by atoms with Gasteiger partial charge in [-0.05, 0) is 25.1 Å². The summed E-state index contributed by atoms with van der Waals surface area (Å²) in [5, 5.41) is 8.18. The number of pyridine rings is 1. The molecule has 0 fully saturated rings. The van der Waals surface area contributed by atoms with Crippen molar-refractivity contribution in [3.8, 4) is 5.82 Å². The number of aromatic nitrogens is 3. The van der Waals surface area contributed by atoms with Crippen LogP contribution in [0.1, 0.15) is 16.1 Å². The molecule has 8 heteroatoms. The summed E-state index contributed by atoms with van der Waals surface area (Å²) in [4.78, 5) is 16.6. The normalized spacial score (nSPS) is 10.7. The van der Waals surface area contributed by atoms with Gasteiger partial charge in [0.1, 0.15) is 5.82 Å². The van der Waals surface area contributed by atoms with Gasteiger partial charge in [0.2, 0.25) is 0 Å². The summed E-state index contributed by atoms with van der Waals surface area (Å²) in [5.41, 5.74) is 1.05. The molecule has 1 amide bonds. The molecule has 0 atom stereocenters. The summed E-state index contributed by atoms with van der Waals surface area (Å²) >= 11 is 18.1. The van der Waals surface area contributed by atoms with Crippen LogP contribution in [0.4, 0.5) is 5.82 Å². The molecule has 3 rings (SSSR count). The zero-order chi connectivity index (χ0) is 17.3. The fourth-order valence-electron chi connectivity index (χ4n) is 2.14. The Kier molecular flexibility index (Phi) is 4.76. The number of rotatable bonds is 3. The van der Waals surface area contributed by atoms with E-state index in [1.165, 1.54) is 10.9 Å². The number of hydrogen-bond acceptors (Lipinski definition) is 3. The smallest absolute Gasteiger partial charge is 0.258 e. The van der Waals surface area contributed by atoms with E-state index in [2.05, 4.69) is 15.4 Å². The first kappa shape index (κ1) is 16.8. The van der Waals surface area contributed by atoms with Gasteiger partial charge in [0.25, 0.3) is 5.91 Å². The lowest BCUT2D eigenvalue weighted by Crippen LogP contribution is -2.16. The Morgan fingerprint density at radius 2 is 1.88 bits per heavy atom. The maximum Gasteiger partial charge on any atom is 0.258 e. The molecular formula is C16H11Cl3N4O. The Morgan fingerprint density at radius 1 is 1.12 bits per heavy atom. The van der Waals surface area contributed by atoms with Crippen molar-refractivity contribution in [3.05, 3.63) is 68.9 Å². The van der Waals surface area contributed by atoms with Crippen LogP contribution in [-0.4, -0.2) is 20.7 Å². The minimum Gasteiger partial charge on any atom is -0.306 e. The summed E-state index contributed by atoms with van der Waals surface area (Å²) in [6.07, 6.45) is 1.46. The third-order valence-corrected chi connectivity index (χ3v) is 4.00. The highest BCUT2D eigenvalue weighted by molar-refractivity contribution is 6.35. The minimum absolute atomic E-state index is 0.318. The van der Waals surface area contributed by atoms with Crippen molar-refractivity contribution < 1.29 is 4.79 Å². The van der Waals surface area contributed by atoms with Crippen LogP contribution in [0.25, 0.3) is 5.82 Å². The van der Waals surface area contributed by atoms with E-state index in [0.29, 0.717) is 38.0 Å². The van der Waals surface area contributed by atoms with Gasteiger partial charge in [0.15, 0.2) is 5.82 Å². The molecule has 2 aromatic heterocycles. The quantitative estimate of drug-likeness (QED) is 0.709. The van der Waals surface area contributed by atoms with E-state index in [1.54, 1.807) is 43.3 Å². The predicted molar refractivity (Wildman–Crippen MR) is 95.5 cm³/mol.